The van der Waals surface area contributed by atoms with Gasteiger partial charge in [-0.05, 0) is 25.1 Å². The minimum Gasteiger partial charge on any atom is -0.490 e. The molecule has 1 aromatic carbocycles. The van der Waals surface area contributed by atoms with Crippen molar-refractivity contribution >= 4 is 23.0 Å². The van der Waals surface area contributed by atoms with Gasteiger partial charge in [0.15, 0.2) is 0 Å². The number of esters is 1. The van der Waals surface area contributed by atoms with Crippen molar-refractivity contribution in [3.63, 3.8) is 0 Å². The van der Waals surface area contributed by atoms with Crippen molar-refractivity contribution < 1.29 is 28.2 Å². The van der Waals surface area contributed by atoms with Gasteiger partial charge in [-0.2, -0.15) is 0 Å². The maximum atomic E-state index is 11.9. The third-order valence-corrected chi connectivity index (χ3v) is 3.92. The highest BCUT2D eigenvalue weighted by Gasteiger charge is 2.17. The molecule has 26 heavy (non-hydrogen) atoms. The number of nitrogens with one attached hydrogen (secondary N) is 1. The number of carbonyl (C=O) groups excluding carboxylic acids is 2. The Bertz CT molecular complexity index is 766. The van der Waals surface area contributed by atoms with Crippen molar-refractivity contribution in [1.82, 2.24) is 10.2 Å². The third kappa shape index (κ3) is 4.45. The summed E-state index contributed by atoms with van der Waals surface area (Å²) in [5.74, 6) is 0.232. The Balaban J connectivity index is 1.49. The second kappa shape index (κ2) is 8.57. The Morgan fingerprint density at radius 3 is 2.73 bits per heavy atom. The van der Waals surface area contributed by atoms with E-state index in [2.05, 4.69) is 5.32 Å². The highest BCUT2D eigenvalue weighted by Crippen LogP contribution is 2.24. The molecule has 0 bridgehead atoms. The van der Waals surface area contributed by atoms with Crippen LogP contribution in [-0.4, -0.2) is 63.0 Å². The molecule has 2 aromatic rings. The van der Waals surface area contributed by atoms with Gasteiger partial charge in [-0.1, -0.05) is 0 Å². The fourth-order valence-electron chi connectivity index (χ4n) is 2.63. The smallest absolute Gasteiger partial charge is 0.409 e. The van der Waals surface area contributed by atoms with E-state index in [4.69, 9.17) is 18.6 Å². The molecule has 0 atom stereocenters. The molecule has 1 aliphatic heterocycles. The molecule has 0 unspecified atom stereocenters. The van der Waals surface area contributed by atoms with Crippen LogP contribution in [0.15, 0.2) is 28.7 Å². The van der Waals surface area contributed by atoms with Gasteiger partial charge in [0, 0.05) is 37.6 Å². The van der Waals surface area contributed by atoms with Gasteiger partial charge in [-0.25, -0.2) is 9.59 Å². The molecule has 1 fully saturated rings. The number of hydrogen-bond acceptors (Lipinski definition) is 7. The van der Waals surface area contributed by atoms with Crippen LogP contribution in [0.25, 0.3) is 11.0 Å². The predicted octanol–water partition coefficient (Wildman–Crippen LogP) is 2.03. The molecule has 140 valence electrons. The molecular formula is C18H22N2O6. The average molecular weight is 362 g/mol. The van der Waals surface area contributed by atoms with E-state index in [1.54, 1.807) is 36.1 Å². The number of fused-ring (bicyclic) bond motifs is 1. The van der Waals surface area contributed by atoms with Gasteiger partial charge in [-0.3, -0.25) is 0 Å². The maximum absolute atomic E-state index is 11.9. The number of hydrogen-bond donors (Lipinski definition) is 1. The zero-order chi connectivity index (χ0) is 18.4. The van der Waals surface area contributed by atoms with Gasteiger partial charge < -0.3 is 28.8 Å². The minimum absolute atomic E-state index is 0.156. The van der Waals surface area contributed by atoms with E-state index in [0.29, 0.717) is 24.4 Å². The molecule has 0 aliphatic carbocycles. The van der Waals surface area contributed by atoms with Crippen molar-refractivity contribution in [2.24, 2.45) is 0 Å². The zero-order valence-corrected chi connectivity index (χ0v) is 14.7. The molecule has 1 saturated heterocycles. The van der Waals surface area contributed by atoms with E-state index in [1.165, 1.54) is 0 Å². The Hall–Kier alpha value is -2.74. The Labute approximate surface area is 151 Å². The van der Waals surface area contributed by atoms with Crippen molar-refractivity contribution in [3.05, 3.63) is 30.0 Å². The molecule has 2 heterocycles. The van der Waals surface area contributed by atoms with Crippen LogP contribution in [0.5, 0.6) is 5.75 Å². The molecular weight excluding hydrogens is 340 g/mol. The van der Waals surface area contributed by atoms with Gasteiger partial charge in [0.05, 0.1) is 6.61 Å². The lowest BCUT2D eigenvalue weighted by Crippen LogP contribution is -2.46. The molecule has 0 saturated carbocycles. The third-order valence-electron chi connectivity index (χ3n) is 3.92. The summed E-state index contributed by atoms with van der Waals surface area (Å²) in [6.45, 7) is 5.28. The van der Waals surface area contributed by atoms with Crippen LogP contribution in [0.3, 0.4) is 0 Å². The summed E-state index contributed by atoms with van der Waals surface area (Å²) in [6.07, 6.45) is -0.323. The molecule has 0 spiro atoms. The summed E-state index contributed by atoms with van der Waals surface area (Å²) >= 11 is 0. The number of piperazine rings is 1. The van der Waals surface area contributed by atoms with Crippen LogP contribution in [0.4, 0.5) is 4.79 Å². The topological polar surface area (TPSA) is 90.2 Å². The number of furan rings is 1. The molecule has 8 heteroatoms. The fraction of sp³-hybridized carbons (Fsp3) is 0.444. The summed E-state index contributed by atoms with van der Waals surface area (Å²) in [5, 5.41) is 3.96. The van der Waals surface area contributed by atoms with Gasteiger partial charge in [0.1, 0.15) is 24.5 Å². The van der Waals surface area contributed by atoms with Crippen LogP contribution >= 0.6 is 0 Å². The number of benzene rings is 1. The predicted molar refractivity (Wildman–Crippen MR) is 93.5 cm³/mol. The zero-order valence-electron chi connectivity index (χ0n) is 14.7. The number of rotatable bonds is 6. The largest absolute Gasteiger partial charge is 0.490 e. The first-order chi connectivity index (χ1) is 12.7. The van der Waals surface area contributed by atoms with Gasteiger partial charge in [0.25, 0.3) is 0 Å². The van der Waals surface area contributed by atoms with Crippen LogP contribution < -0.4 is 10.1 Å². The first-order valence-corrected chi connectivity index (χ1v) is 8.63. The average Bonchev–Trinajstić information content (AvgIpc) is 3.09. The molecule has 0 radical (unpaired) electrons. The highest BCUT2D eigenvalue weighted by atomic mass is 16.6. The number of carbonyl (C=O) groups is 2. The SMILES string of the molecule is CCOC(=O)c1cc2ccc(OCCOC(=O)N3CCNCC3)cc2o1. The summed E-state index contributed by atoms with van der Waals surface area (Å²) < 4.78 is 21.2. The Morgan fingerprint density at radius 2 is 1.96 bits per heavy atom. The van der Waals surface area contributed by atoms with E-state index in [1.807, 2.05) is 0 Å². The summed E-state index contributed by atoms with van der Waals surface area (Å²) in [6, 6.07) is 6.89. The number of ether oxygens (including phenoxy) is 3. The van der Waals surface area contributed by atoms with Crippen LogP contribution in [-0.2, 0) is 9.47 Å². The monoisotopic (exact) mass is 362 g/mol. The molecule has 1 N–H and O–H groups in total. The van der Waals surface area contributed by atoms with Crippen molar-refractivity contribution in [2.75, 3.05) is 46.0 Å². The van der Waals surface area contributed by atoms with E-state index in [-0.39, 0.29) is 31.7 Å². The summed E-state index contributed by atoms with van der Waals surface area (Å²) in [5.41, 5.74) is 0.531. The first-order valence-electron chi connectivity index (χ1n) is 8.63. The van der Waals surface area contributed by atoms with Crippen molar-refractivity contribution in [2.45, 2.75) is 6.92 Å². The van der Waals surface area contributed by atoms with Gasteiger partial charge in [0.2, 0.25) is 5.76 Å². The standard InChI is InChI=1S/C18H22N2O6/c1-2-23-17(21)16-11-13-3-4-14(12-15(13)26-16)24-9-10-25-18(22)20-7-5-19-6-8-20/h3-4,11-12,19H,2,5-10H2,1H3. The first kappa shape index (κ1) is 18.1. The maximum Gasteiger partial charge on any atom is 0.409 e. The highest BCUT2D eigenvalue weighted by molar-refractivity contribution is 5.92. The molecule has 1 aromatic heterocycles. The molecule has 1 amide bonds. The molecule has 8 nitrogen and oxygen atoms in total. The second-order valence-corrected chi connectivity index (χ2v) is 5.73. The molecule has 3 rings (SSSR count). The van der Waals surface area contributed by atoms with Crippen molar-refractivity contribution in [3.8, 4) is 5.75 Å². The summed E-state index contributed by atoms with van der Waals surface area (Å²) in [4.78, 5) is 25.2. The lowest BCUT2D eigenvalue weighted by molar-refractivity contribution is 0.0492. The van der Waals surface area contributed by atoms with Crippen LogP contribution in [0.2, 0.25) is 0 Å². The number of amides is 1. The summed E-state index contributed by atoms with van der Waals surface area (Å²) in [7, 11) is 0. The van der Waals surface area contributed by atoms with E-state index < -0.39 is 5.97 Å². The lowest BCUT2D eigenvalue weighted by Gasteiger charge is -2.26. The van der Waals surface area contributed by atoms with Crippen LogP contribution in [0, 0.1) is 0 Å². The fourth-order valence-corrected chi connectivity index (χ4v) is 2.63. The van der Waals surface area contributed by atoms with Crippen LogP contribution in [0.1, 0.15) is 17.5 Å². The number of nitrogens with zero attached hydrogens (tertiary/aromatic N) is 1. The van der Waals surface area contributed by atoms with Gasteiger partial charge >= 0.3 is 12.1 Å². The quantitative estimate of drug-likeness (QED) is 0.621. The Morgan fingerprint density at radius 1 is 1.15 bits per heavy atom. The normalized spacial score (nSPS) is 14.3. The second-order valence-electron chi connectivity index (χ2n) is 5.73. The van der Waals surface area contributed by atoms with Gasteiger partial charge in [-0.15, -0.1) is 0 Å². The van der Waals surface area contributed by atoms with E-state index >= 15 is 0 Å². The lowest BCUT2D eigenvalue weighted by atomic mass is 10.2. The Kier molecular flexibility index (Phi) is 5.96. The molecule has 1 aliphatic rings. The van der Waals surface area contributed by atoms with Crippen molar-refractivity contribution in [1.29, 1.82) is 0 Å². The van der Waals surface area contributed by atoms with E-state index in [9.17, 15) is 9.59 Å². The van der Waals surface area contributed by atoms with E-state index in [0.717, 1.165) is 18.5 Å². The minimum atomic E-state index is -0.494.